The molecule has 8 heteroatoms. The normalized spacial score (nSPS) is 14.5. The lowest BCUT2D eigenvalue weighted by atomic mass is 10.1. The number of nitrogens with zero attached hydrogens (tertiary/aromatic N) is 2. The molecule has 0 unspecified atom stereocenters. The van der Waals surface area contributed by atoms with Crippen molar-refractivity contribution in [1.82, 2.24) is 14.9 Å². The van der Waals surface area contributed by atoms with E-state index in [0.29, 0.717) is 34.6 Å². The van der Waals surface area contributed by atoms with Crippen molar-refractivity contribution < 1.29 is 14.3 Å². The lowest BCUT2D eigenvalue weighted by Crippen LogP contribution is -2.25. The second-order valence-corrected chi connectivity index (χ2v) is 8.02. The summed E-state index contributed by atoms with van der Waals surface area (Å²) in [7, 11) is 0. The van der Waals surface area contributed by atoms with Crippen LogP contribution in [-0.4, -0.2) is 28.8 Å². The number of hydrogen-bond donors (Lipinski definition) is 1. The smallest absolute Gasteiger partial charge is 0.262 e. The van der Waals surface area contributed by atoms with Crippen molar-refractivity contribution >= 4 is 27.5 Å². The average molecular weight is 397 g/mol. The Balaban J connectivity index is 1.33. The number of carbonyl (C=O) groups is 1. The van der Waals surface area contributed by atoms with Crippen LogP contribution in [0.5, 0.6) is 11.5 Å². The van der Waals surface area contributed by atoms with E-state index >= 15 is 0 Å². The van der Waals surface area contributed by atoms with Gasteiger partial charge in [0, 0.05) is 19.5 Å². The van der Waals surface area contributed by atoms with E-state index in [1.54, 1.807) is 4.57 Å². The third kappa shape index (κ3) is 2.75. The fourth-order valence-electron chi connectivity index (χ4n) is 3.79. The highest BCUT2D eigenvalue weighted by atomic mass is 32.1. The molecule has 0 radical (unpaired) electrons. The number of amides is 1. The fraction of sp³-hybridized carbons (Fsp3) is 0.350. The highest BCUT2D eigenvalue weighted by Crippen LogP contribution is 2.32. The Hall–Kier alpha value is -2.87. The maximum atomic E-state index is 12.7. The van der Waals surface area contributed by atoms with Gasteiger partial charge in [-0.05, 0) is 43.0 Å². The zero-order chi connectivity index (χ0) is 19.3. The minimum Gasteiger partial charge on any atom is -0.454 e. The van der Waals surface area contributed by atoms with Crippen LogP contribution in [0.3, 0.4) is 0 Å². The zero-order valence-corrected chi connectivity index (χ0v) is 16.2. The van der Waals surface area contributed by atoms with Gasteiger partial charge in [0.15, 0.2) is 11.5 Å². The summed E-state index contributed by atoms with van der Waals surface area (Å²) in [5, 5.41) is 3.54. The number of fused-ring (bicyclic) bond motifs is 3. The van der Waals surface area contributed by atoms with Crippen LogP contribution >= 0.6 is 11.3 Å². The summed E-state index contributed by atoms with van der Waals surface area (Å²) in [5.41, 5.74) is 1.76. The molecule has 1 aromatic carbocycles. The van der Waals surface area contributed by atoms with Crippen LogP contribution in [0.15, 0.2) is 23.0 Å². The summed E-state index contributed by atoms with van der Waals surface area (Å²) in [5.74, 6) is 2.16. The van der Waals surface area contributed by atoms with E-state index in [9.17, 15) is 9.59 Å². The lowest BCUT2D eigenvalue weighted by Gasteiger charge is -2.06. The molecule has 0 fully saturated rings. The van der Waals surface area contributed by atoms with Crippen LogP contribution in [-0.2, 0) is 19.4 Å². The maximum Gasteiger partial charge on any atom is 0.262 e. The second kappa shape index (κ2) is 6.63. The van der Waals surface area contributed by atoms with Gasteiger partial charge in [-0.3, -0.25) is 14.2 Å². The van der Waals surface area contributed by atoms with Gasteiger partial charge in [0.1, 0.15) is 10.7 Å². The zero-order valence-electron chi connectivity index (χ0n) is 15.4. The van der Waals surface area contributed by atoms with Crippen molar-refractivity contribution in [2.24, 2.45) is 0 Å². The van der Waals surface area contributed by atoms with Crippen molar-refractivity contribution in [2.45, 2.75) is 32.7 Å². The summed E-state index contributed by atoms with van der Waals surface area (Å²) in [4.78, 5) is 31.3. The molecule has 4 heterocycles. The summed E-state index contributed by atoms with van der Waals surface area (Å²) < 4.78 is 12.4. The molecule has 144 valence electrons. The highest BCUT2D eigenvalue weighted by molar-refractivity contribution is 7.20. The number of thiophene rings is 1. The Labute approximate surface area is 164 Å². The van der Waals surface area contributed by atoms with Gasteiger partial charge in [-0.1, -0.05) is 6.07 Å². The predicted molar refractivity (Wildman–Crippen MR) is 106 cm³/mol. The number of nitrogens with one attached hydrogen (secondary N) is 1. The van der Waals surface area contributed by atoms with Gasteiger partial charge in [-0.2, -0.15) is 0 Å². The fourth-order valence-corrected chi connectivity index (χ4v) is 4.90. The molecule has 2 aliphatic heterocycles. The van der Waals surface area contributed by atoms with E-state index in [0.717, 1.165) is 41.3 Å². The van der Waals surface area contributed by atoms with Crippen LogP contribution in [0.1, 0.15) is 33.0 Å². The van der Waals surface area contributed by atoms with Crippen LogP contribution in [0.4, 0.5) is 0 Å². The van der Waals surface area contributed by atoms with Gasteiger partial charge < -0.3 is 14.8 Å². The molecule has 28 heavy (non-hydrogen) atoms. The monoisotopic (exact) mass is 397 g/mol. The van der Waals surface area contributed by atoms with E-state index < -0.39 is 0 Å². The Morgan fingerprint density at radius 1 is 1.32 bits per heavy atom. The number of hydrogen-bond acceptors (Lipinski definition) is 6. The first-order valence-corrected chi connectivity index (χ1v) is 10.1. The molecule has 0 saturated heterocycles. The van der Waals surface area contributed by atoms with Crippen LogP contribution in [0.25, 0.3) is 10.2 Å². The van der Waals surface area contributed by atoms with Gasteiger partial charge in [-0.15, -0.1) is 11.3 Å². The van der Waals surface area contributed by atoms with Crippen molar-refractivity contribution in [2.75, 3.05) is 13.3 Å². The quantitative estimate of drug-likeness (QED) is 0.731. The molecule has 0 bridgehead atoms. The third-order valence-electron chi connectivity index (χ3n) is 5.25. The first-order chi connectivity index (χ1) is 13.6. The Morgan fingerprint density at radius 2 is 2.18 bits per heavy atom. The topological polar surface area (TPSA) is 82.4 Å². The van der Waals surface area contributed by atoms with E-state index in [4.69, 9.17) is 9.47 Å². The predicted octanol–water partition coefficient (Wildman–Crippen LogP) is 2.41. The van der Waals surface area contributed by atoms with E-state index in [1.165, 1.54) is 11.3 Å². The second-order valence-electron chi connectivity index (χ2n) is 7.02. The molecule has 3 aromatic rings. The molecule has 2 aliphatic rings. The molecule has 0 atom stereocenters. The summed E-state index contributed by atoms with van der Waals surface area (Å²) in [6, 6.07) is 5.79. The molecular weight excluding hydrogens is 378 g/mol. The summed E-state index contributed by atoms with van der Waals surface area (Å²) in [6.45, 7) is 3.29. The standard InChI is InChI=1S/C20H19N3O4S/c1-11-16-19(22-15-3-2-8-23(15)20(16)25)28-17(11)18(24)21-7-6-12-4-5-13-14(9-12)27-10-26-13/h4-5,9H,2-3,6-8,10H2,1H3,(H,21,24). The molecular formula is C20H19N3O4S. The first kappa shape index (κ1) is 17.2. The molecule has 2 aromatic heterocycles. The number of aromatic nitrogens is 2. The van der Waals surface area contributed by atoms with Gasteiger partial charge in [0.25, 0.3) is 11.5 Å². The third-order valence-corrected chi connectivity index (χ3v) is 6.44. The van der Waals surface area contributed by atoms with Crippen LogP contribution in [0, 0.1) is 6.92 Å². The largest absolute Gasteiger partial charge is 0.454 e. The number of rotatable bonds is 4. The van der Waals surface area contributed by atoms with Crippen LogP contribution < -0.4 is 20.3 Å². The van der Waals surface area contributed by atoms with E-state index in [1.807, 2.05) is 25.1 Å². The summed E-state index contributed by atoms with van der Waals surface area (Å²) >= 11 is 1.30. The van der Waals surface area contributed by atoms with Gasteiger partial charge in [0.2, 0.25) is 6.79 Å². The minimum atomic E-state index is -0.161. The molecule has 7 nitrogen and oxygen atoms in total. The molecule has 0 spiro atoms. The molecule has 1 amide bonds. The van der Waals surface area contributed by atoms with Crippen molar-refractivity contribution in [3.05, 3.63) is 50.4 Å². The number of carbonyl (C=O) groups excluding carboxylic acids is 1. The van der Waals surface area contributed by atoms with E-state index in [2.05, 4.69) is 10.3 Å². The number of benzene rings is 1. The van der Waals surface area contributed by atoms with Crippen molar-refractivity contribution in [3.8, 4) is 11.5 Å². The summed E-state index contributed by atoms with van der Waals surface area (Å²) in [6.07, 6.45) is 2.45. The first-order valence-electron chi connectivity index (χ1n) is 9.31. The van der Waals surface area contributed by atoms with Crippen LogP contribution in [0.2, 0.25) is 0 Å². The SMILES string of the molecule is Cc1c(C(=O)NCCc2ccc3c(c2)OCO3)sc2nc3n(c(=O)c12)CCC3. The average Bonchev–Trinajstić information content (AvgIpc) is 3.40. The number of ether oxygens (including phenoxy) is 2. The van der Waals surface area contributed by atoms with Gasteiger partial charge in [-0.25, -0.2) is 4.98 Å². The Bertz CT molecular complexity index is 1160. The Morgan fingerprint density at radius 3 is 3.07 bits per heavy atom. The minimum absolute atomic E-state index is 0.0225. The molecule has 1 N–H and O–H groups in total. The molecule has 5 rings (SSSR count). The molecule has 0 aliphatic carbocycles. The van der Waals surface area contributed by atoms with Crippen molar-refractivity contribution in [3.63, 3.8) is 0 Å². The lowest BCUT2D eigenvalue weighted by molar-refractivity contribution is 0.0957. The Kier molecular flexibility index (Phi) is 4.08. The van der Waals surface area contributed by atoms with Gasteiger partial charge in [0.05, 0.1) is 10.3 Å². The van der Waals surface area contributed by atoms with Gasteiger partial charge >= 0.3 is 0 Å². The number of aryl methyl sites for hydroxylation is 2. The highest BCUT2D eigenvalue weighted by Gasteiger charge is 2.23. The maximum absolute atomic E-state index is 12.7. The van der Waals surface area contributed by atoms with E-state index in [-0.39, 0.29) is 18.3 Å². The molecule has 0 saturated carbocycles. The van der Waals surface area contributed by atoms with Crippen molar-refractivity contribution in [1.29, 1.82) is 0 Å².